The second-order valence-electron chi connectivity index (χ2n) is 4.15. The first-order valence-corrected chi connectivity index (χ1v) is 8.55. The van der Waals surface area contributed by atoms with Gasteiger partial charge in [0.1, 0.15) is 9.84 Å². The van der Waals surface area contributed by atoms with E-state index in [-0.39, 0.29) is 0 Å². The average molecular weight is 251 g/mol. The van der Waals surface area contributed by atoms with Crippen molar-refractivity contribution in [2.45, 2.75) is 38.8 Å². The third-order valence-electron chi connectivity index (χ3n) is 2.65. The summed E-state index contributed by atoms with van der Waals surface area (Å²) in [6, 6.07) is 0.890. The Hall–Kier alpha value is 0.260. The fourth-order valence-electron chi connectivity index (χ4n) is 1.80. The molecule has 0 saturated carbocycles. The van der Waals surface area contributed by atoms with E-state index in [9.17, 15) is 8.42 Å². The van der Waals surface area contributed by atoms with E-state index < -0.39 is 9.84 Å². The van der Waals surface area contributed by atoms with E-state index in [4.69, 9.17) is 0 Å². The van der Waals surface area contributed by atoms with Gasteiger partial charge < -0.3 is 5.32 Å². The molecule has 0 radical (unpaired) electrons. The first-order chi connectivity index (χ1) is 7.03. The van der Waals surface area contributed by atoms with Crippen molar-refractivity contribution in [2.24, 2.45) is 0 Å². The Morgan fingerprint density at radius 1 is 1.40 bits per heavy atom. The molecule has 1 unspecified atom stereocenters. The second-order valence-corrected chi connectivity index (χ2v) is 7.78. The highest BCUT2D eigenvalue weighted by Crippen LogP contribution is 2.13. The number of thioether (sulfide) groups is 1. The van der Waals surface area contributed by atoms with Gasteiger partial charge in [-0.25, -0.2) is 8.42 Å². The summed E-state index contributed by atoms with van der Waals surface area (Å²) in [5, 5.41) is 3.51. The highest BCUT2D eigenvalue weighted by Gasteiger charge is 2.24. The van der Waals surface area contributed by atoms with Gasteiger partial charge in [-0.2, -0.15) is 11.8 Å². The van der Waals surface area contributed by atoms with Crippen LogP contribution in [0.3, 0.4) is 0 Å². The first kappa shape index (κ1) is 13.3. The fourth-order valence-corrected chi connectivity index (χ4v) is 3.98. The number of nitrogens with one attached hydrogen (secondary N) is 1. The highest BCUT2D eigenvalue weighted by atomic mass is 32.2. The summed E-state index contributed by atoms with van der Waals surface area (Å²) in [5.74, 6) is 2.97. The highest BCUT2D eigenvalue weighted by molar-refractivity contribution is 7.99. The molecular weight excluding hydrogens is 230 g/mol. The van der Waals surface area contributed by atoms with Crippen LogP contribution in [-0.4, -0.2) is 43.5 Å². The quantitative estimate of drug-likeness (QED) is 0.800. The molecule has 1 rings (SSSR count). The maximum atomic E-state index is 11.2. The third-order valence-corrected chi connectivity index (χ3v) is 5.51. The van der Waals surface area contributed by atoms with E-state index in [0.29, 0.717) is 23.6 Å². The molecule has 0 aromatic carbocycles. The van der Waals surface area contributed by atoms with Gasteiger partial charge in [-0.1, -0.05) is 6.92 Å². The van der Waals surface area contributed by atoms with Crippen LogP contribution in [0.15, 0.2) is 0 Å². The predicted octanol–water partition coefficient (Wildman–Crippen LogP) is 1.29. The molecular formula is C10H21NO2S2. The molecule has 0 amide bonds. The molecule has 0 bridgehead atoms. The van der Waals surface area contributed by atoms with Gasteiger partial charge in [-0.15, -0.1) is 0 Å². The van der Waals surface area contributed by atoms with Gasteiger partial charge in [-0.3, -0.25) is 0 Å². The monoisotopic (exact) mass is 251 g/mol. The Bertz CT molecular complexity index is 263. The van der Waals surface area contributed by atoms with Gasteiger partial charge >= 0.3 is 0 Å². The molecule has 0 aliphatic carbocycles. The van der Waals surface area contributed by atoms with Crippen molar-refractivity contribution in [1.29, 1.82) is 0 Å². The molecule has 1 atom stereocenters. The topological polar surface area (TPSA) is 46.2 Å². The van der Waals surface area contributed by atoms with E-state index in [0.717, 1.165) is 24.3 Å². The maximum absolute atomic E-state index is 11.2. The van der Waals surface area contributed by atoms with Gasteiger partial charge in [0.05, 0.1) is 11.5 Å². The number of hydrogen-bond donors (Lipinski definition) is 1. The van der Waals surface area contributed by atoms with Gasteiger partial charge in [0.25, 0.3) is 0 Å². The van der Waals surface area contributed by atoms with E-state index in [1.54, 1.807) is 0 Å². The van der Waals surface area contributed by atoms with E-state index in [2.05, 4.69) is 19.2 Å². The van der Waals surface area contributed by atoms with Gasteiger partial charge in [0.2, 0.25) is 0 Å². The Morgan fingerprint density at radius 3 is 2.53 bits per heavy atom. The molecule has 1 fully saturated rings. The van der Waals surface area contributed by atoms with Crippen LogP contribution in [0.25, 0.3) is 0 Å². The minimum atomic E-state index is -2.71. The zero-order valence-electron chi connectivity index (χ0n) is 9.53. The Balaban J connectivity index is 2.23. The molecule has 90 valence electrons. The SMILES string of the molecule is CCSCC(C)NC1CCS(=O)(=O)CC1. The average Bonchev–Trinajstić information content (AvgIpc) is 2.18. The summed E-state index contributed by atoms with van der Waals surface area (Å²) in [6.45, 7) is 4.33. The lowest BCUT2D eigenvalue weighted by Gasteiger charge is -2.26. The van der Waals surface area contributed by atoms with E-state index >= 15 is 0 Å². The molecule has 1 aliphatic rings. The Kier molecular flexibility index (Phi) is 5.43. The van der Waals surface area contributed by atoms with Crippen LogP contribution in [-0.2, 0) is 9.84 Å². The van der Waals surface area contributed by atoms with Crippen molar-refractivity contribution in [1.82, 2.24) is 5.32 Å². The van der Waals surface area contributed by atoms with Crippen LogP contribution in [0.1, 0.15) is 26.7 Å². The van der Waals surface area contributed by atoms with Crippen molar-refractivity contribution in [3.63, 3.8) is 0 Å². The van der Waals surface area contributed by atoms with Crippen LogP contribution < -0.4 is 5.32 Å². The Morgan fingerprint density at radius 2 is 2.00 bits per heavy atom. The Labute approximate surface area is 97.3 Å². The summed E-state index contributed by atoms with van der Waals surface area (Å²) in [7, 11) is -2.71. The molecule has 0 aromatic rings. The fraction of sp³-hybridized carbons (Fsp3) is 1.00. The largest absolute Gasteiger partial charge is 0.311 e. The molecule has 0 spiro atoms. The van der Waals surface area contributed by atoms with Crippen molar-refractivity contribution in [3.8, 4) is 0 Å². The lowest BCUT2D eigenvalue weighted by atomic mass is 10.1. The minimum absolute atomic E-state index is 0.359. The van der Waals surface area contributed by atoms with Crippen LogP contribution in [0.4, 0.5) is 0 Å². The number of hydrogen-bond acceptors (Lipinski definition) is 4. The molecule has 0 aromatic heterocycles. The van der Waals surface area contributed by atoms with E-state index in [1.165, 1.54) is 0 Å². The van der Waals surface area contributed by atoms with Crippen molar-refractivity contribution >= 4 is 21.6 Å². The molecule has 5 heteroatoms. The third kappa shape index (κ3) is 5.22. The smallest absolute Gasteiger partial charge is 0.150 e. The lowest BCUT2D eigenvalue weighted by Crippen LogP contribution is -2.42. The molecule has 3 nitrogen and oxygen atoms in total. The molecule has 15 heavy (non-hydrogen) atoms. The van der Waals surface area contributed by atoms with Gasteiger partial charge in [-0.05, 0) is 25.5 Å². The number of sulfone groups is 1. The second kappa shape index (κ2) is 6.11. The van der Waals surface area contributed by atoms with Crippen LogP contribution in [0.2, 0.25) is 0 Å². The predicted molar refractivity (Wildman–Crippen MR) is 67.3 cm³/mol. The lowest BCUT2D eigenvalue weighted by molar-refractivity contribution is 0.430. The molecule has 1 N–H and O–H groups in total. The zero-order chi connectivity index (χ0) is 11.3. The van der Waals surface area contributed by atoms with E-state index in [1.807, 2.05) is 11.8 Å². The minimum Gasteiger partial charge on any atom is -0.311 e. The first-order valence-electron chi connectivity index (χ1n) is 5.57. The zero-order valence-corrected chi connectivity index (χ0v) is 11.2. The maximum Gasteiger partial charge on any atom is 0.150 e. The summed E-state index contributed by atoms with van der Waals surface area (Å²) in [5.41, 5.74) is 0. The van der Waals surface area contributed by atoms with Crippen LogP contribution >= 0.6 is 11.8 Å². The van der Waals surface area contributed by atoms with Crippen molar-refractivity contribution in [3.05, 3.63) is 0 Å². The summed E-state index contributed by atoms with van der Waals surface area (Å²) < 4.78 is 22.4. The van der Waals surface area contributed by atoms with Crippen LogP contribution in [0.5, 0.6) is 0 Å². The van der Waals surface area contributed by atoms with Gasteiger partial charge in [0, 0.05) is 17.8 Å². The van der Waals surface area contributed by atoms with Crippen molar-refractivity contribution < 1.29 is 8.42 Å². The van der Waals surface area contributed by atoms with Gasteiger partial charge in [0.15, 0.2) is 0 Å². The summed E-state index contributed by atoms with van der Waals surface area (Å²) in [6.07, 6.45) is 1.56. The molecule has 1 saturated heterocycles. The molecule has 1 aliphatic heterocycles. The number of rotatable bonds is 5. The van der Waals surface area contributed by atoms with Crippen molar-refractivity contribution in [2.75, 3.05) is 23.0 Å². The summed E-state index contributed by atoms with van der Waals surface area (Å²) in [4.78, 5) is 0. The standard InChI is InChI=1S/C10H21NO2S2/c1-3-14-8-9(2)11-10-4-6-15(12,13)7-5-10/h9-11H,3-8H2,1-2H3. The molecule has 1 heterocycles. The van der Waals surface area contributed by atoms with Crippen LogP contribution in [0, 0.1) is 0 Å². The normalized spacial score (nSPS) is 23.9. The summed E-state index contributed by atoms with van der Waals surface area (Å²) >= 11 is 1.92.